The van der Waals surface area contributed by atoms with Gasteiger partial charge in [0.1, 0.15) is 18.1 Å². The zero-order valence-corrected chi connectivity index (χ0v) is 17.0. The van der Waals surface area contributed by atoms with E-state index in [4.69, 9.17) is 19.1 Å². The third kappa shape index (κ3) is 3.83. The molecule has 5 rings (SSSR count). The van der Waals surface area contributed by atoms with Crippen molar-refractivity contribution in [1.29, 1.82) is 0 Å². The maximum Gasteiger partial charge on any atom is 0.440 e. The maximum atomic E-state index is 11.6. The molecule has 0 fully saturated rings. The number of rotatable bonds is 8. The standard InChI is InChI=1S/C24H20N2O6/c27-12-13-30-19-11-10-18(16-4-2-1-3-5-16)20-21(19)22(20)31-17-8-6-15(7-9-17)14-26-23(28)25-24(29)32-26/h1-11,22,27H,12-14H2,(H,25,28,29). The zero-order valence-electron chi connectivity index (χ0n) is 17.0. The first-order valence-electron chi connectivity index (χ1n) is 10.2. The first-order valence-corrected chi connectivity index (χ1v) is 10.2. The number of aliphatic hydroxyl groups excluding tert-OH is 1. The summed E-state index contributed by atoms with van der Waals surface area (Å²) in [5, 5.41) is 9.12. The van der Waals surface area contributed by atoms with Gasteiger partial charge in [-0.3, -0.25) is 0 Å². The SMILES string of the molecule is O=c1[nH]c(=O)n(Cc2ccc(OC3c4c(OCCO)ccc(-c5ccccc5)c43)cc2)o1. The van der Waals surface area contributed by atoms with Gasteiger partial charge in [-0.15, -0.1) is 4.74 Å². The molecule has 0 saturated heterocycles. The van der Waals surface area contributed by atoms with Crippen LogP contribution in [-0.4, -0.2) is 28.0 Å². The Hall–Kier alpha value is -4.04. The molecule has 0 amide bonds. The molecule has 1 aliphatic rings. The molecule has 3 aromatic carbocycles. The van der Waals surface area contributed by atoms with Gasteiger partial charge >= 0.3 is 11.4 Å². The van der Waals surface area contributed by atoms with Crippen molar-refractivity contribution in [3.05, 3.63) is 104 Å². The fraction of sp³-hybridized carbons (Fsp3) is 0.167. The number of aromatic amines is 1. The summed E-state index contributed by atoms with van der Waals surface area (Å²) in [4.78, 5) is 24.8. The lowest BCUT2D eigenvalue weighted by molar-refractivity contribution is 0.199. The fourth-order valence-corrected chi connectivity index (χ4v) is 3.75. The van der Waals surface area contributed by atoms with Crippen molar-refractivity contribution in [2.24, 2.45) is 0 Å². The summed E-state index contributed by atoms with van der Waals surface area (Å²) < 4.78 is 17.7. The Morgan fingerprint density at radius 3 is 2.44 bits per heavy atom. The minimum atomic E-state index is -0.783. The summed E-state index contributed by atoms with van der Waals surface area (Å²) in [6.45, 7) is 0.290. The van der Waals surface area contributed by atoms with Crippen molar-refractivity contribution in [2.45, 2.75) is 12.6 Å². The number of aliphatic hydroxyl groups is 1. The van der Waals surface area contributed by atoms with Crippen molar-refractivity contribution < 1.29 is 19.1 Å². The number of aromatic nitrogens is 2. The van der Waals surface area contributed by atoms with Gasteiger partial charge < -0.3 is 19.1 Å². The highest BCUT2D eigenvalue weighted by molar-refractivity contribution is 5.79. The van der Waals surface area contributed by atoms with E-state index in [0.29, 0.717) is 11.5 Å². The Bertz CT molecular complexity index is 1350. The lowest BCUT2D eigenvalue weighted by Gasteiger charge is -2.07. The summed E-state index contributed by atoms with van der Waals surface area (Å²) in [5.74, 6) is 0.581. The third-order valence-corrected chi connectivity index (χ3v) is 5.25. The fourth-order valence-electron chi connectivity index (χ4n) is 3.75. The van der Waals surface area contributed by atoms with E-state index in [2.05, 4.69) is 17.1 Å². The van der Waals surface area contributed by atoms with Crippen LogP contribution in [0.15, 0.2) is 80.8 Å². The van der Waals surface area contributed by atoms with Gasteiger partial charge in [0.25, 0.3) is 0 Å². The molecule has 32 heavy (non-hydrogen) atoms. The summed E-state index contributed by atoms with van der Waals surface area (Å²) in [6.07, 6.45) is -0.245. The van der Waals surface area contributed by atoms with Crippen LogP contribution in [0.25, 0.3) is 11.1 Å². The molecule has 0 radical (unpaired) electrons. The van der Waals surface area contributed by atoms with Gasteiger partial charge in [0, 0.05) is 11.1 Å². The number of H-pyrrole nitrogens is 1. The molecule has 0 spiro atoms. The molecule has 8 nitrogen and oxygen atoms in total. The molecule has 0 saturated carbocycles. The van der Waals surface area contributed by atoms with Crippen LogP contribution in [0.2, 0.25) is 0 Å². The summed E-state index contributed by atoms with van der Waals surface area (Å²) in [7, 11) is 0. The Labute approximate surface area is 182 Å². The van der Waals surface area contributed by atoms with Gasteiger partial charge in [-0.1, -0.05) is 48.5 Å². The second-order valence-electron chi connectivity index (χ2n) is 7.36. The van der Waals surface area contributed by atoms with Crippen LogP contribution in [0, 0.1) is 0 Å². The van der Waals surface area contributed by atoms with Gasteiger partial charge in [0.05, 0.1) is 13.2 Å². The number of ether oxygens (including phenoxy) is 2. The van der Waals surface area contributed by atoms with E-state index in [1.807, 2.05) is 42.5 Å². The first-order chi connectivity index (χ1) is 15.6. The van der Waals surface area contributed by atoms with Crippen molar-refractivity contribution >= 4 is 0 Å². The molecule has 0 aliphatic heterocycles. The Balaban J connectivity index is 1.37. The molecule has 1 atom stereocenters. The largest absolute Gasteiger partial charge is 0.491 e. The van der Waals surface area contributed by atoms with Crippen molar-refractivity contribution in [2.75, 3.05) is 13.2 Å². The van der Waals surface area contributed by atoms with Gasteiger partial charge in [-0.25, -0.2) is 14.6 Å². The lowest BCUT2D eigenvalue weighted by Crippen LogP contribution is -2.17. The summed E-state index contributed by atoms with van der Waals surface area (Å²) in [5.41, 5.74) is 4.42. The molecule has 1 unspecified atom stereocenters. The highest BCUT2D eigenvalue weighted by Crippen LogP contribution is 2.54. The monoisotopic (exact) mass is 432 g/mol. The lowest BCUT2D eigenvalue weighted by atomic mass is 10.1. The van der Waals surface area contributed by atoms with Gasteiger partial charge in [-0.2, -0.15) is 0 Å². The minimum absolute atomic E-state index is 0.0629. The number of fused-ring (bicyclic) bond motifs is 1. The highest BCUT2D eigenvalue weighted by Gasteiger charge is 2.42. The Morgan fingerprint density at radius 2 is 1.75 bits per heavy atom. The number of hydrogen-bond acceptors (Lipinski definition) is 6. The van der Waals surface area contributed by atoms with Crippen LogP contribution >= 0.6 is 0 Å². The predicted octanol–water partition coefficient (Wildman–Crippen LogP) is 2.70. The van der Waals surface area contributed by atoms with Gasteiger partial charge in [0.2, 0.25) is 0 Å². The van der Waals surface area contributed by atoms with E-state index in [0.717, 1.165) is 32.6 Å². The molecule has 0 bridgehead atoms. The van der Waals surface area contributed by atoms with E-state index in [1.165, 1.54) is 0 Å². The molecule has 1 heterocycles. The molecule has 162 valence electrons. The number of nitrogens with zero attached hydrogens (tertiary/aromatic N) is 1. The van der Waals surface area contributed by atoms with Crippen molar-refractivity contribution in [1.82, 2.24) is 9.72 Å². The molecule has 4 aromatic rings. The molecule has 8 heteroatoms. The molecule has 1 aliphatic carbocycles. The Kier molecular flexibility index (Phi) is 5.12. The average molecular weight is 432 g/mol. The van der Waals surface area contributed by atoms with E-state index < -0.39 is 11.4 Å². The Morgan fingerprint density at radius 1 is 0.969 bits per heavy atom. The van der Waals surface area contributed by atoms with Crippen LogP contribution < -0.4 is 20.9 Å². The molecule has 2 N–H and O–H groups in total. The molecular formula is C24H20N2O6. The van der Waals surface area contributed by atoms with E-state index in [1.54, 1.807) is 12.1 Å². The van der Waals surface area contributed by atoms with E-state index in [9.17, 15) is 9.59 Å². The first kappa shape index (κ1) is 19.9. The second kappa shape index (κ2) is 8.24. The quantitative estimate of drug-likeness (QED) is 0.443. The number of benzene rings is 3. The topological polar surface area (TPSA) is 107 Å². The second-order valence-corrected chi connectivity index (χ2v) is 7.36. The summed E-state index contributed by atoms with van der Waals surface area (Å²) >= 11 is 0. The van der Waals surface area contributed by atoms with Gasteiger partial charge in [-0.05, 0) is 34.9 Å². The molecular weight excluding hydrogens is 412 g/mol. The zero-order chi connectivity index (χ0) is 22.1. The van der Waals surface area contributed by atoms with Crippen molar-refractivity contribution in [3.63, 3.8) is 0 Å². The number of hydrogen-bond donors (Lipinski definition) is 2. The highest BCUT2D eigenvalue weighted by atomic mass is 16.5. The molecule has 1 aromatic heterocycles. The smallest absolute Gasteiger partial charge is 0.440 e. The number of nitrogens with one attached hydrogen (secondary N) is 1. The van der Waals surface area contributed by atoms with Crippen LogP contribution in [0.1, 0.15) is 22.8 Å². The predicted molar refractivity (Wildman–Crippen MR) is 116 cm³/mol. The van der Waals surface area contributed by atoms with E-state index >= 15 is 0 Å². The third-order valence-electron chi connectivity index (χ3n) is 5.25. The van der Waals surface area contributed by atoms with E-state index in [-0.39, 0.29) is 25.9 Å². The van der Waals surface area contributed by atoms with Crippen molar-refractivity contribution in [3.8, 4) is 22.6 Å². The average Bonchev–Trinajstić information content (AvgIpc) is 3.43. The normalized spacial score (nSPS) is 14.1. The summed E-state index contributed by atoms with van der Waals surface area (Å²) in [6, 6.07) is 21.2. The minimum Gasteiger partial charge on any atom is -0.491 e. The van der Waals surface area contributed by atoms with Crippen LogP contribution in [0.4, 0.5) is 0 Å². The maximum absolute atomic E-state index is 11.6. The van der Waals surface area contributed by atoms with Gasteiger partial charge in [0.15, 0.2) is 6.10 Å². The van der Waals surface area contributed by atoms with Crippen LogP contribution in [0.3, 0.4) is 0 Å². The van der Waals surface area contributed by atoms with Crippen LogP contribution in [-0.2, 0) is 6.54 Å². The van der Waals surface area contributed by atoms with Crippen LogP contribution in [0.5, 0.6) is 11.5 Å².